The van der Waals surface area contributed by atoms with Gasteiger partial charge >= 0.3 is 6.09 Å². The summed E-state index contributed by atoms with van der Waals surface area (Å²) < 4.78 is 91.6. The highest BCUT2D eigenvalue weighted by Gasteiger charge is 2.33. The van der Waals surface area contributed by atoms with E-state index in [1.165, 1.54) is 32.4 Å². The largest absolute Gasteiger partial charge is 0.497 e. The van der Waals surface area contributed by atoms with E-state index in [2.05, 4.69) is 19.8 Å². The van der Waals surface area contributed by atoms with Crippen LogP contribution < -0.4 is 23.8 Å². The Morgan fingerprint density at radius 3 is 2.45 bits per heavy atom. The molecular weight excluding hydrogens is 756 g/mol. The van der Waals surface area contributed by atoms with E-state index in [-0.39, 0.29) is 23.2 Å². The topological polar surface area (TPSA) is 155 Å². The monoisotopic (exact) mass is 785 g/mol. The number of rotatable bonds is 11. The summed E-state index contributed by atoms with van der Waals surface area (Å²) in [7, 11) is -1.92. The van der Waals surface area contributed by atoms with Crippen LogP contribution in [0.25, 0.3) is 22.1 Å². The molecule has 0 fully saturated rings. The first-order chi connectivity index (χ1) is 25.2. The summed E-state index contributed by atoms with van der Waals surface area (Å²) >= 11 is 7.08. The maximum absolute atomic E-state index is 15.9. The number of nitrogens with one attached hydrogen (secondary N) is 1. The molecule has 6 rings (SSSR count). The summed E-state index contributed by atoms with van der Waals surface area (Å²) in [5.41, 5.74) is 0.786. The first-order valence-corrected chi connectivity index (χ1v) is 18.1. The molecule has 6 aromatic rings. The lowest BCUT2D eigenvalue weighted by molar-refractivity contribution is 0.0634. The predicted octanol–water partition coefficient (Wildman–Crippen LogP) is 8.83. The van der Waals surface area contributed by atoms with Crippen LogP contribution in [0.2, 0.25) is 5.02 Å². The predicted molar refractivity (Wildman–Crippen MR) is 194 cm³/mol. The fraction of sp³-hybridized carbons (Fsp3) is 0.200. The molecule has 2 heterocycles. The van der Waals surface area contributed by atoms with Crippen molar-refractivity contribution in [1.29, 1.82) is 0 Å². The van der Waals surface area contributed by atoms with Crippen LogP contribution in [-0.2, 0) is 21.3 Å². The second-order valence-electron chi connectivity index (χ2n) is 12.2. The van der Waals surface area contributed by atoms with Gasteiger partial charge in [-0.2, -0.15) is 4.37 Å². The zero-order valence-corrected chi connectivity index (χ0v) is 31.0. The molecule has 4 aromatic carbocycles. The van der Waals surface area contributed by atoms with Crippen LogP contribution in [0, 0.1) is 11.6 Å². The maximum atomic E-state index is 15.9. The van der Waals surface area contributed by atoms with Gasteiger partial charge in [-0.05, 0) is 68.8 Å². The van der Waals surface area contributed by atoms with Gasteiger partial charge in [-0.15, -0.1) is 0 Å². The van der Waals surface area contributed by atoms with Gasteiger partial charge in [-0.25, -0.2) is 31.3 Å². The normalized spacial score (nSPS) is 11.7. The fourth-order valence-corrected chi connectivity index (χ4v) is 7.47. The smallest absolute Gasteiger partial charge is 0.413 e. The molecule has 0 unspecified atom stereocenters. The number of carbonyl (C=O) groups excluding carboxylic acids is 1. The quantitative estimate of drug-likeness (QED) is 0.134. The Morgan fingerprint density at radius 1 is 0.962 bits per heavy atom. The number of fused-ring (bicyclic) bond motifs is 1. The molecule has 0 radical (unpaired) electrons. The van der Waals surface area contributed by atoms with Crippen LogP contribution >= 0.6 is 23.1 Å². The van der Waals surface area contributed by atoms with Gasteiger partial charge < -0.3 is 23.5 Å². The number of amides is 1. The van der Waals surface area contributed by atoms with E-state index >= 15 is 8.78 Å². The Hall–Kier alpha value is -5.52. The number of aromatic nitrogens is 3. The van der Waals surface area contributed by atoms with Crippen LogP contribution in [0.15, 0.2) is 82.5 Å². The number of nitrogens with zero attached hydrogens (tertiary/aromatic N) is 4. The third-order valence-electron chi connectivity index (χ3n) is 7.49. The Morgan fingerprint density at radius 2 is 1.75 bits per heavy atom. The van der Waals surface area contributed by atoms with Crippen LogP contribution in [0.3, 0.4) is 0 Å². The molecule has 0 saturated heterocycles. The SMILES string of the molecule is COc1ccc(CN(c2ncns2)S(=O)(=O)c2cc(F)c(Oc3ccc(Cl)cc3-c3ccc4onc(NC(=O)OC(C)(C)C)c4c3)cc2F)c(OC)c1. The van der Waals surface area contributed by atoms with Gasteiger partial charge in [0.05, 0.1) is 26.2 Å². The summed E-state index contributed by atoms with van der Waals surface area (Å²) in [5, 5.41) is 7.07. The fourth-order valence-electron chi connectivity index (χ4n) is 5.11. The molecule has 0 saturated carbocycles. The zero-order valence-electron chi connectivity index (χ0n) is 28.6. The number of methoxy groups -OCH3 is 2. The van der Waals surface area contributed by atoms with E-state index in [1.54, 1.807) is 57.2 Å². The van der Waals surface area contributed by atoms with Crippen molar-refractivity contribution < 1.29 is 45.5 Å². The first kappa shape index (κ1) is 37.2. The van der Waals surface area contributed by atoms with E-state index in [1.807, 2.05) is 0 Å². The molecule has 18 heteroatoms. The van der Waals surface area contributed by atoms with Crippen LogP contribution in [0.1, 0.15) is 26.3 Å². The minimum absolute atomic E-state index is 0.0443. The highest BCUT2D eigenvalue weighted by atomic mass is 35.5. The Bertz CT molecular complexity index is 2420. The number of halogens is 3. The van der Waals surface area contributed by atoms with Crippen molar-refractivity contribution in [3.63, 3.8) is 0 Å². The number of benzene rings is 4. The number of carbonyl (C=O) groups is 1. The maximum Gasteiger partial charge on any atom is 0.413 e. The average Bonchev–Trinajstić information content (AvgIpc) is 3.78. The summed E-state index contributed by atoms with van der Waals surface area (Å²) in [6.07, 6.45) is 0.393. The first-order valence-electron chi connectivity index (χ1n) is 15.5. The Kier molecular flexibility index (Phi) is 10.4. The molecule has 0 atom stereocenters. The highest BCUT2D eigenvalue weighted by Crippen LogP contribution is 2.40. The molecule has 1 amide bonds. The molecule has 53 heavy (non-hydrogen) atoms. The second-order valence-corrected chi connectivity index (χ2v) is 15.3. The molecule has 1 N–H and O–H groups in total. The van der Waals surface area contributed by atoms with Gasteiger partial charge in [0, 0.05) is 45.9 Å². The van der Waals surface area contributed by atoms with E-state index < -0.39 is 44.0 Å². The van der Waals surface area contributed by atoms with Crippen LogP contribution in [0.5, 0.6) is 23.0 Å². The van der Waals surface area contributed by atoms with Gasteiger partial charge in [-0.3, -0.25) is 5.32 Å². The number of sulfonamides is 1. The Balaban J connectivity index is 1.33. The van der Waals surface area contributed by atoms with Gasteiger partial charge in [0.15, 0.2) is 23.0 Å². The molecule has 0 aliphatic carbocycles. The molecule has 2 aromatic heterocycles. The summed E-state index contributed by atoms with van der Waals surface area (Å²) in [4.78, 5) is 15.5. The van der Waals surface area contributed by atoms with E-state index in [0.29, 0.717) is 56.3 Å². The summed E-state index contributed by atoms with van der Waals surface area (Å²) in [5.74, 6) is -2.20. The van der Waals surface area contributed by atoms with Crippen LogP contribution in [0.4, 0.5) is 24.5 Å². The molecule has 276 valence electrons. The minimum Gasteiger partial charge on any atom is -0.497 e. The van der Waals surface area contributed by atoms with Crippen molar-refractivity contribution in [3.05, 3.63) is 95.3 Å². The molecule has 0 aliphatic heterocycles. The lowest BCUT2D eigenvalue weighted by Gasteiger charge is -2.23. The van der Waals surface area contributed by atoms with Crippen molar-refractivity contribution in [2.45, 2.75) is 37.8 Å². The standard InChI is InChI=1S/C35H30ClF2N5O8S2/c1-35(2,3)50-34(44)41-32-24-12-19(7-10-28(24)51-42-32)23-13-21(36)8-11-27(23)49-30-15-26(38)31(16-25(30)37)53(45,46)43(33-39-18-40-52-33)17-20-6-9-22(47-4)14-29(20)48-5/h6-16,18H,17H2,1-5H3,(H,41,42,44). The minimum atomic E-state index is -4.79. The zero-order chi connectivity index (χ0) is 38.1. The highest BCUT2D eigenvalue weighted by molar-refractivity contribution is 7.93. The van der Waals surface area contributed by atoms with Gasteiger partial charge in [0.1, 0.15) is 39.9 Å². The van der Waals surface area contributed by atoms with Crippen molar-refractivity contribution in [3.8, 4) is 34.1 Å². The molecule has 0 aliphatic rings. The number of hydrogen-bond donors (Lipinski definition) is 1. The molecule has 13 nitrogen and oxygen atoms in total. The number of hydrogen-bond acceptors (Lipinski definition) is 12. The van der Waals surface area contributed by atoms with Crippen molar-refractivity contribution in [2.24, 2.45) is 0 Å². The lowest BCUT2D eigenvalue weighted by Crippen LogP contribution is -2.31. The van der Waals surface area contributed by atoms with E-state index in [9.17, 15) is 13.2 Å². The molecular formula is C35H30ClF2N5O8S2. The van der Waals surface area contributed by atoms with Gasteiger partial charge in [-0.1, -0.05) is 22.8 Å². The van der Waals surface area contributed by atoms with Crippen molar-refractivity contribution in [1.82, 2.24) is 14.5 Å². The van der Waals surface area contributed by atoms with Crippen molar-refractivity contribution in [2.75, 3.05) is 23.8 Å². The summed E-state index contributed by atoms with van der Waals surface area (Å²) in [6.45, 7) is 4.78. The molecule has 0 bridgehead atoms. The van der Waals surface area contributed by atoms with E-state index in [4.69, 9.17) is 35.1 Å². The number of ether oxygens (including phenoxy) is 4. The van der Waals surface area contributed by atoms with E-state index in [0.717, 1.165) is 22.2 Å². The molecule has 0 spiro atoms. The number of anilines is 2. The van der Waals surface area contributed by atoms with Gasteiger partial charge in [0.2, 0.25) is 5.13 Å². The third-order valence-corrected chi connectivity index (χ3v) is 10.3. The van der Waals surface area contributed by atoms with Gasteiger partial charge in [0.25, 0.3) is 10.0 Å². The Labute approximate surface area is 311 Å². The van der Waals surface area contributed by atoms with Crippen LogP contribution in [-0.4, -0.2) is 48.8 Å². The lowest BCUT2D eigenvalue weighted by atomic mass is 10.0. The second kappa shape index (κ2) is 14.8. The summed E-state index contributed by atoms with van der Waals surface area (Å²) in [6, 6.07) is 15.2. The van der Waals surface area contributed by atoms with Crippen molar-refractivity contribution >= 4 is 61.2 Å². The third kappa shape index (κ3) is 8.11. The average molecular weight is 786 g/mol.